The maximum atomic E-state index is 4.38. The van der Waals surface area contributed by atoms with E-state index in [-0.39, 0.29) is 0 Å². The number of nitrogens with one attached hydrogen (secondary N) is 1. The zero-order chi connectivity index (χ0) is 17.5. The number of aromatic nitrogens is 7. The Balaban J connectivity index is 1.48. The highest BCUT2D eigenvalue weighted by Gasteiger charge is 2.12. The largest absolute Gasteiger partial charge is 0.277 e. The number of aryl methyl sites for hydroxylation is 1. The van der Waals surface area contributed by atoms with Crippen LogP contribution in [0.2, 0.25) is 0 Å². The van der Waals surface area contributed by atoms with Crippen molar-refractivity contribution in [3.8, 4) is 28.2 Å². The molecule has 0 aliphatic heterocycles. The molecule has 0 spiro atoms. The molecule has 7 heteroatoms. The Labute approximate surface area is 148 Å². The highest BCUT2D eigenvalue weighted by atomic mass is 15.4. The molecule has 5 aromatic rings. The van der Waals surface area contributed by atoms with Crippen molar-refractivity contribution in [3.05, 3.63) is 67.1 Å². The monoisotopic (exact) mass is 341 g/mol. The molecule has 0 aliphatic carbocycles. The Hall–Kier alpha value is -3.74. The zero-order valence-electron chi connectivity index (χ0n) is 14.0. The molecule has 0 saturated carbocycles. The van der Waals surface area contributed by atoms with E-state index in [1.807, 2.05) is 62.0 Å². The average Bonchev–Trinajstić information content (AvgIpc) is 3.40. The number of H-pyrrole nitrogens is 1. The first-order valence-electron chi connectivity index (χ1n) is 8.23. The fraction of sp³-hybridized carbons (Fsp3) is 0.0526. The fourth-order valence-corrected chi connectivity index (χ4v) is 3.03. The van der Waals surface area contributed by atoms with Gasteiger partial charge in [-0.2, -0.15) is 10.2 Å². The van der Waals surface area contributed by atoms with Crippen molar-refractivity contribution in [1.29, 1.82) is 0 Å². The van der Waals surface area contributed by atoms with Crippen LogP contribution in [0.1, 0.15) is 0 Å². The van der Waals surface area contributed by atoms with Crippen LogP contribution in [-0.4, -0.2) is 35.0 Å². The Morgan fingerprint density at radius 3 is 2.58 bits per heavy atom. The third kappa shape index (κ3) is 2.37. The number of rotatable bonds is 3. The van der Waals surface area contributed by atoms with E-state index in [2.05, 4.69) is 37.7 Å². The van der Waals surface area contributed by atoms with Crippen LogP contribution in [0.15, 0.2) is 67.1 Å². The Bertz CT molecular complexity index is 1190. The molecule has 0 fully saturated rings. The topological polar surface area (TPSA) is 77.2 Å². The minimum absolute atomic E-state index is 0.735. The van der Waals surface area contributed by atoms with E-state index >= 15 is 0 Å². The normalized spacial score (nSPS) is 11.3. The molecule has 0 aliphatic rings. The molecular formula is C19H15N7. The van der Waals surface area contributed by atoms with E-state index in [9.17, 15) is 0 Å². The van der Waals surface area contributed by atoms with Gasteiger partial charge in [0.15, 0.2) is 0 Å². The molecule has 2 aromatic carbocycles. The number of fused-ring (bicyclic) bond motifs is 1. The second-order valence-electron chi connectivity index (χ2n) is 6.12. The summed E-state index contributed by atoms with van der Waals surface area (Å²) >= 11 is 0. The van der Waals surface area contributed by atoms with Crippen molar-refractivity contribution in [2.75, 3.05) is 0 Å². The minimum Gasteiger partial charge on any atom is -0.277 e. The van der Waals surface area contributed by atoms with Gasteiger partial charge in [0.05, 0.1) is 23.6 Å². The molecule has 7 nitrogen and oxygen atoms in total. The van der Waals surface area contributed by atoms with E-state index in [0.717, 1.165) is 39.1 Å². The third-order valence-electron chi connectivity index (χ3n) is 4.38. The molecule has 1 N–H and O–H groups in total. The van der Waals surface area contributed by atoms with Gasteiger partial charge in [-0.25, -0.2) is 4.68 Å². The predicted octanol–water partition coefficient (Wildman–Crippen LogP) is 3.21. The van der Waals surface area contributed by atoms with Gasteiger partial charge in [-0.1, -0.05) is 35.5 Å². The number of hydrogen-bond acceptors (Lipinski definition) is 4. The molecule has 0 radical (unpaired) electrons. The molecule has 3 heterocycles. The summed E-state index contributed by atoms with van der Waals surface area (Å²) in [5, 5.41) is 21.2. The van der Waals surface area contributed by atoms with Crippen LogP contribution in [0.5, 0.6) is 0 Å². The molecule has 0 bridgehead atoms. The fourth-order valence-electron chi connectivity index (χ4n) is 3.03. The van der Waals surface area contributed by atoms with E-state index in [4.69, 9.17) is 0 Å². The Kier molecular flexibility index (Phi) is 3.18. The van der Waals surface area contributed by atoms with Crippen molar-refractivity contribution in [2.24, 2.45) is 7.05 Å². The number of hydrogen-bond donors (Lipinski definition) is 1. The molecule has 0 saturated heterocycles. The summed E-state index contributed by atoms with van der Waals surface area (Å²) in [5.41, 5.74) is 5.66. The smallest absolute Gasteiger partial charge is 0.134 e. The molecule has 3 aromatic heterocycles. The second-order valence-corrected chi connectivity index (χ2v) is 6.12. The first-order chi connectivity index (χ1) is 12.8. The number of para-hydroxylation sites is 1. The summed E-state index contributed by atoms with van der Waals surface area (Å²) in [7, 11) is 1.91. The summed E-state index contributed by atoms with van der Waals surface area (Å²) in [6.45, 7) is 0. The van der Waals surface area contributed by atoms with Gasteiger partial charge in [-0.15, -0.1) is 5.10 Å². The van der Waals surface area contributed by atoms with Gasteiger partial charge in [0.1, 0.15) is 11.4 Å². The number of aromatic amines is 1. The highest BCUT2D eigenvalue weighted by Crippen LogP contribution is 2.25. The van der Waals surface area contributed by atoms with Crippen LogP contribution in [0.3, 0.4) is 0 Å². The molecule has 0 unspecified atom stereocenters. The van der Waals surface area contributed by atoms with Crippen molar-refractivity contribution in [2.45, 2.75) is 0 Å². The Morgan fingerprint density at radius 1 is 0.923 bits per heavy atom. The minimum atomic E-state index is 0.735. The van der Waals surface area contributed by atoms with Crippen molar-refractivity contribution >= 4 is 10.9 Å². The van der Waals surface area contributed by atoms with E-state index < -0.39 is 0 Å². The van der Waals surface area contributed by atoms with Crippen LogP contribution < -0.4 is 0 Å². The lowest BCUT2D eigenvalue weighted by Crippen LogP contribution is -1.94. The van der Waals surface area contributed by atoms with Gasteiger partial charge < -0.3 is 0 Å². The van der Waals surface area contributed by atoms with E-state index in [1.54, 1.807) is 9.36 Å². The van der Waals surface area contributed by atoms with Gasteiger partial charge in [-0.3, -0.25) is 9.78 Å². The van der Waals surface area contributed by atoms with E-state index in [0.29, 0.717) is 0 Å². The molecular weight excluding hydrogens is 326 g/mol. The van der Waals surface area contributed by atoms with Crippen molar-refractivity contribution < 1.29 is 0 Å². The van der Waals surface area contributed by atoms with E-state index in [1.165, 1.54) is 0 Å². The average molecular weight is 341 g/mol. The van der Waals surface area contributed by atoms with Gasteiger partial charge in [-0.05, 0) is 23.8 Å². The SMILES string of the molecule is Cn1cc(-c2ccc(-n3cc(-c4n[nH]c5ccccc45)nn3)cc2)cn1. The summed E-state index contributed by atoms with van der Waals surface area (Å²) in [6.07, 6.45) is 5.73. The van der Waals surface area contributed by atoms with Gasteiger partial charge >= 0.3 is 0 Å². The number of nitrogens with zero attached hydrogens (tertiary/aromatic N) is 6. The second kappa shape index (κ2) is 5.66. The molecule has 0 amide bonds. The molecule has 5 rings (SSSR count). The van der Waals surface area contributed by atoms with Gasteiger partial charge in [0.25, 0.3) is 0 Å². The number of benzene rings is 2. The predicted molar refractivity (Wildman–Crippen MR) is 98.6 cm³/mol. The first-order valence-corrected chi connectivity index (χ1v) is 8.23. The summed E-state index contributed by atoms with van der Waals surface area (Å²) in [5.74, 6) is 0. The van der Waals surface area contributed by atoms with Crippen LogP contribution in [0.25, 0.3) is 39.1 Å². The van der Waals surface area contributed by atoms with Gasteiger partial charge in [0.2, 0.25) is 0 Å². The molecule has 126 valence electrons. The van der Waals surface area contributed by atoms with Crippen molar-refractivity contribution in [1.82, 2.24) is 35.0 Å². The highest BCUT2D eigenvalue weighted by molar-refractivity contribution is 5.91. The molecule has 26 heavy (non-hydrogen) atoms. The summed E-state index contributed by atoms with van der Waals surface area (Å²) in [6, 6.07) is 16.1. The zero-order valence-corrected chi connectivity index (χ0v) is 14.0. The quantitative estimate of drug-likeness (QED) is 0.547. The maximum absolute atomic E-state index is 4.38. The van der Waals surface area contributed by atoms with Crippen LogP contribution in [0, 0.1) is 0 Å². The lowest BCUT2D eigenvalue weighted by molar-refractivity contribution is 0.768. The standard InChI is InChI=1S/C19H15N7/c1-25-11-14(10-20-25)13-6-8-15(9-7-13)26-12-18(22-24-26)19-16-4-2-3-5-17(16)21-23-19/h2-12H,1H3,(H,21,23). The lowest BCUT2D eigenvalue weighted by Gasteiger charge is -2.01. The first kappa shape index (κ1) is 14.6. The van der Waals surface area contributed by atoms with Crippen LogP contribution >= 0.6 is 0 Å². The van der Waals surface area contributed by atoms with Crippen molar-refractivity contribution in [3.63, 3.8) is 0 Å². The lowest BCUT2D eigenvalue weighted by atomic mass is 10.1. The Morgan fingerprint density at radius 2 is 1.77 bits per heavy atom. The van der Waals surface area contributed by atoms with Gasteiger partial charge in [0, 0.05) is 24.2 Å². The summed E-state index contributed by atoms with van der Waals surface area (Å²) < 4.78 is 3.55. The van der Waals surface area contributed by atoms with Crippen LogP contribution in [0.4, 0.5) is 0 Å². The van der Waals surface area contributed by atoms with Crippen LogP contribution in [-0.2, 0) is 7.05 Å². The summed E-state index contributed by atoms with van der Waals surface area (Å²) in [4.78, 5) is 0. The maximum Gasteiger partial charge on any atom is 0.134 e. The third-order valence-corrected chi connectivity index (χ3v) is 4.38. The molecule has 0 atom stereocenters.